The van der Waals surface area contributed by atoms with E-state index in [0.717, 1.165) is 0 Å². The summed E-state index contributed by atoms with van der Waals surface area (Å²) in [5.41, 5.74) is 0.974. The normalized spacial score (nSPS) is 10.4. The molecule has 2 nitrogen and oxygen atoms in total. The lowest BCUT2D eigenvalue weighted by Gasteiger charge is -1.97. The minimum absolute atomic E-state index is 0.0493. The molecule has 0 atom stereocenters. The Kier molecular flexibility index (Phi) is 3.84. The van der Waals surface area contributed by atoms with Crippen LogP contribution in [0.1, 0.15) is 17.5 Å². The van der Waals surface area contributed by atoms with Crippen LogP contribution in [0.2, 0.25) is 0 Å². The molecule has 1 aromatic carbocycles. The van der Waals surface area contributed by atoms with Crippen LogP contribution in [0.4, 0.5) is 4.39 Å². The van der Waals surface area contributed by atoms with E-state index in [4.69, 9.17) is 10.4 Å². The Balaban J connectivity index is 2.94. The molecule has 0 bridgehead atoms. The monoisotopic (exact) mass is 191 g/mol. The summed E-state index contributed by atoms with van der Waals surface area (Å²) in [6.07, 6.45) is 3.84. The molecule has 0 amide bonds. The van der Waals surface area contributed by atoms with Crippen LogP contribution in [0.15, 0.2) is 24.3 Å². The van der Waals surface area contributed by atoms with Crippen LogP contribution < -0.4 is 0 Å². The molecule has 1 N–H and O–H groups in total. The molecule has 0 radical (unpaired) electrons. The second kappa shape index (κ2) is 5.15. The molecule has 1 aromatic rings. The van der Waals surface area contributed by atoms with Crippen molar-refractivity contribution >= 4 is 6.08 Å². The number of benzene rings is 1. The van der Waals surface area contributed by atoms with Crippen LogP contribution in [0.25, 0.3) is 6.08 Å². The number of halogens is 1. The van der Waals surface area contributed by atoms with Gasteiger partial charge in [-0.2, -0.15) is 5.26 Å². The first-order chi connectivity index (χ1) is 6.77. The smallest absolute Gasteiger partial charge is 0.123 e. The quantitative estimate of drug-likeness (QED) is 0.795. The van der Waals surface area contributed by atoms with Gasteiger partial charge in [-0.1, -0.05) is 12.2 Å². The van der Waals surface area contributed by atoms with Crippen molar-refractivity contribution in [2.24, 2.45) is 0 Å². The molecule has 0 heterocycles. The van der Waals surface area contributed by atoms with E-state index in [1.165, 1.54) is 18.2 Å². The van der Waals surface area contributed by atoms with E-state index in [2.05, 4.69) is 0 Å². The third-order valence-electron chi connectivity index (χ3n) is 1.73. The van der Waals surface area contributed by atoms with Crippen molar-refractivity contribution in [3.63, 3.8) is 0 Å². The van der Waals surface area contributed by atoms with Crippen LogP contribution in [0, 0.1) is 17.1 Å². The topological polar surface area (TPSA) is 44.0 Å². The molecule has 72 valence electrons. The van der Waals surface area contributed by atoms with E-state index >= 15 is 0 Å². The second-order valence-electron chi connectivity index (χ2n) is 2.76. The van der Waals surface area contributed by atoms with Gasteiger partial charge in [0.15, 0.2) is 0 Å². The zero-order valence-corrected chi connectivity index (χ0v) is 7.57. The van der Waals surface area contributed by atoms with Gasteiger partial charge in [-0.05, 0) is 30.2 Å². The van der Waals surface area contributed by atoms with Gasteiger partial charge < -0.3 is 5.11 Å². The Morgan fingerprint density at radius 2 is 2.29 bits per heavy atom. The summed E-state index contributed by atoms with van der Waals surface area (Å²) >= 11 is 0. The first-order valence-electron chi connectivity index (χ1n) is 4.25. The van der Waals surface area contributed by atoms with Crippen molar-refractivity contribution in [1.29, 1.82) is 5.26 Å². The van der Waals surface area contributed by atoms with Crippen molar-refractivity contribution in [1.82, 2.24) is 0 Å². The highest BCUT2D eigenvalue weighted by Crippen LogP contribution is 2.12. The van der Waals surface area contributed by atoms with Crippen molar-refractivity contribution in [3.8, 4) is 6.07 Å². The van der Waals surface area contributed by atoms with E-state index < -0.39 is 0 Å². The number of nitriles is 1. The van der Waals surface area contributed by atoms with Crippen LogP contribution in [-0.4, -0.2) is 11.7 Å². The molecule has 0 aliphatic heterocycles. The standard InChI is InChI=1S/C11H10FNO/c12-11-5-4-10(8-13)9(7-11)3-1-2-6-14/h1,3-5,7,14H,2,6H2. The van der Waals surface area contributed by atoms with E-state index in [1.807, 2.05) is 6.07 Å². The maximum absolute atomic E-state index is 12.8. The summed E-state index contributed by atoms with van der Waals surface area (Å²) < 4.78 is 12.8. The van der Waals surface area contributed by atoms with Gasteiger partial charge in [0.1, 0.15) is 5.82 Å². The average molecular weight is 191 g/mol. The fraction of sp³-hybridized carbons (Fsp3) is 0.182. The first kappa shape index (κ1) is 10.4. The summed E-state index contributed by atoms with van der Waals surface area (Å²) in [7, 11) is 0. The van der Waals surface area contributed by atoms with Crippen molar-refractivity contribution in [2.45, 2.75) is 6.42 Å². The number of hydrogen-bond acceptors (Lipinski definition) is 2. The van der Waals surface area contributed by atoms with Gasteiger partial charge in [0.25, 0.3) is 0 Å². The van der Waals surface area contributed by atoms with Gasteiger partial charge in [0.05, 0.1) is 11.6 Å². The Morgan fingerprint density at radius 1 is 1.50 bits per heavy atom. The molecule has 0 aliphatic carbocycles. The molecule has 0 saturated carbocycles. The lowest BCUT2D eigenvalue weighted by atomic mass is 10.1. The van der Waals surface area contributed by atoms with Crippen LogP contribution >= 0.6 is 0 Å². The van der Waals surface area contributed by atoms with E-state index in [1.54, 1.807) is 12.2 Å². The molecular weight excluding hydrogens is 181 g/mol. The second-order valence-corrected chi connectivity index (χ2v) is 2.76. The molecule has 0 saturated heterocycles. The molecule has 1 rings (SSSR count). The molecule has 0 aromatic heterocycles. The van der Waals surface area contributed by atoms with Gasteiger partial charge in [-0.3, -0.25) is 0 Å². The van der Waals surface area contributed by atoms with Crippen LogP contribution in [0.5, 0.6) is 0 Å². The van der Waals surface area contributed by atoms with Crippen molar-refractivity contribution in [2.75, 3.05) is 6.61 Å². The third kappa shape index (κ3) is 2.68. The lowest BCUT2D eigenvalue weighted by molar-refractivity contribution is 0.303. The Hall–Kier alpha value is -1.66. The lowest BCUT2D eigenvalue weighted by Crippen LogP contribution is -1.84. The fourth-order valence-electron chi connectivity index (χ4n) is 1.06. The van der Waals surface area contributed by atoms with Gasteiger partial charge in [0, 0.05) is 6.61 Å². The van der Waals surface area contributed by atoms with Gasteiger partial charge in [0.2, 0.25) is 0 Å². The molecule has 0 spiro atoms. The third-order valence-corrected chi connectivity index (χ3v) is 1.73. The summed E-state index contributed by atoms with van der Waals surface area (Å²) in [5.74, 6) is -0.368. The number of nitrogens with zero attached hydrogens (tertiary/aromatic N) is 1. The highest BCUT2D eigenvalue weighted by molar-refractivity contribution is 5.57. The molecule has 14 heavy (non-hydrogen) atoms. The molecule has 3 heteroatoms. The fourth-order valence-corrected chi connectivity index (χ4v) is 1.06. The van der Waals surface area contributed by atoms with E-state index in [0.29, 0.717) is 17.5 Å². The number of aliphatic hydroxyl groups is 1. The van der Waals surface area contributed by atoms with Crippen LogP contribution in [0.3, 0.4) is 0 Å². The zero-order chi connectivity index (χ0) is 10.4. The zero-order valence-electron chi connectivity index (χ0n) is 7.57. The maximum Gasteiger partial charge on any atom is 0.123 e. The largest absolute Gasteiger partial charge is 0.396 e. The average Bonchev–Trinajstić information content (AvgIpc) is 2.19. The maximum atomic E-state index is 12.8. The first-order valence-corrected chi connectivity index (χ1v) is 4.25. The Morgan fingerprint density at radius 3 is 2.93 bits per heavy atom. The summed E-state index contributed by atoms with van der Waals surface area (Å²) in [6.45, 7) is 0.0493. The van der Waals surface area contributed by atoms with Gasteiger partial charge in [-0.15, -0.1) is 0 Å². The van der Waals surface area contributed by atoms with Crippen LogP contribution in [-0.2, 0) is 0 Å². The summed E-state index contributed by atoms with van der Waals surface area (Å²) in [6, 6.07) is 5.96. The molecule has 0 unspecified atom stereocenters. The predicted octanol–water partition coefficient (Wildman–Crippen LogP) is 2.09. The predicted molar refractivity (Wildman–Crippen MR) is 51.9 cm³/mol. The number of rotatable bonds is 3. The summed E-state index contributed by atoms with van der Waals surface area (Å²) in [5, 5.41) is 17.2. The molecule has 0 aliphatic rings. The number of hydrogen-bond donors (Lipinski definition) is 1. The SMILES string of the molecule is N#Cc1ccc(F)cc1C=CCCO. The van der Waals surface area contributed by atoms with E-state index in [-0.39, 0.29) is 12.4 Å². The van der Waals surface area contributed by atoms with Gasteiger partial charge >= 0.3 is 0 Å². The van der Waals surface area contributed by atoms with E-state index in [9.17, 15) is 4.39 Å². The minimum Gasteiger partial charge on any atom is -0.396 e. The molecule has 0 fully saturated rings. The van der Waals surface area contributed by atoms with Crippen molar-refractivity contribution in [3.05, 3.63) is 41.2 Å². The summed E-state index contributed by atoms with van der Waals surface area (Å²) in [4.78, 5) is 0. The molecular formula is C11H10FNO. The van der Waals surface area contributed by atoms with Gasteiger partial charge in [-0.25, -0.2) is 4.39 Å². The number of aliphatic hydroxyl groups excluding tert-OH is 1. The Labute approximate surface area is 81.9 Å². The van der Waals surface area contributed by atoms with Crippen molar-refractivity contribution < 1.29 is 9.50 Å². The highest BCUT2D eigenvalue weighted by Gasteiger charge is 1.99. The Bertz CT molecular complexity index is 379. The highest BCUT2D eigenvalue weighted by atomic mass is 19.1. The minimum atomic E-state index is -0.368.